The minimum atomic E-state index is -0.796. The summed E-state index contributed by atoms with van der Waals surface area (Å²) in [5, 5.41) is 18.1. The second-order valence-electron chi connectivity index (χ2n) is 9.31. The minimum absolute atomic E-state index is 0.157. The Morgan fingerprint density at radius 2 is 1.85 bits per heavy atom. The van der Waals surface area contributed by atoms with Gasteiger partial charge in [0.15, 0.2) is 0 Å². The van der Waals surface area contributed by atoms with Gasteiger partial charge in [0, 0.05) is 42.7 Å². The Kier molecular flexibility index (Phi) is 9.43. The number of fused-ring (bicyclic) bond motifs is 1. The Hall–Kier alpha value is -4.05. The molecule has 4 rings (SSSR count). The van der Waals surface area contributed by atoms with Gasteiger partial charge < -0.3 is 30.5 Å². The predicted molar refractivity (Wildman–Crippen MR) is 148 cm³/mol. The van der Waals surface area contributed by atoms with Crippen molar-refractivity contribution < 1.29 is 29.0 Å². The van der Waals surface area contributed by atoms with Crippen LogP contribution in [0.2, 0.25) is 5.02 Å². The van der Waals surface area contributed by atoms with Crippen LogP contribution in [0.15, 0.2) is 42.6 Å². The highest BCUT2D eigenvalue weighted by atomic mass is 35.5. The molecule has 1 aliphatic rings. The van der Waals surface area contributed by atoms with Crippen molar-refractivity contribution in [2.24, 2.45) is 0 Å². The van der Waals surface area contributed by atoms with Crippen LogP contribution in [-0.4, -0.2) is 47.7 Å². The summed E-state index contributed by atoms with van der Waals surface area (Å²) in [7, 11) is 1.49. The van der Waals surface area contributed by atoms with Crippen molar-refractivity contribution in [3.05, 3.63) is 53.2 Å². The fourth-order valence-electron chi connectivity index (χ4n) is 3.99. The number of amides is 3. The van der Waals surface area contributed by atoms with E-state index in [2.05, 4.69) is 20.9 Å². The number of carboxylic acids is 1. The van der Waals surface area contributed by atoms with E-state index in [9.17, 15) is 14.4 Å². The standard InChI is InChI=1S/C28H31ClN4O6/c1-38-25-16-23-19(15-20(25)27(36)31-12-5-3-2-4-6-26(34)35)24(11-13-30-23)39-18-9-10-22(21(29)14-18)33-28(37)32-17-7-8-17/h9-11,13-17H,2-8,12H2,1H3,(H,31,36)(H,34,35)(H2,32,33,37). The van der Waals surface area contributed by atoms with Crippen LogP contribution in [0.3, 0.4) is 0 Å². The molecular formula is C28H31ClN4O6. The largest absolute Gasteiger partial charge is 0.496 e. The fourth-order valence-corrected chi connectivity index (χ4v) is 4.21. The maximum absolute atomic E-state index is 13.0. The summed E-state index contributed by atoms with van der Waals surface area (Å²) < 4.78 is 11.5. The van der Waals surface area contributed by atoms with Crippen LogP contribution in [0.4, 0.5) is 10.5 Å². The molecule has 2 aromatic carbocycles. The molecule has 0 aliphatic heterocycles. The van der Waals surface area contributed by atoms with Gasteiger partial charge in [-0.2, -0.15) is 0 Å². The predicted octanol–water partition coefficient (Wildman–Crippen LogP) is 5.74. The van der Waals surface area contributed by atoms with E-state index < -0.39 is 5.97 Å². The first-order valence-corrected chi connectivity index (χ1v) is 13.2. The van der Waals surface area contributed by atoms with E-state index in [4.69, 9.17) is 26.2 Å². The van der Waals surface area contributed by atoms with Crippen LogP contribution in [-0.2, 0) is 4.79 Å². The zero-order chi connectivity index (χ0) is 27.8. The molecule has 0 saturated heterocycles. The molecule has 1 heterocycles. The molecule has 1 fully saturated rings. The normalized spacial score (nSPS) is 12.6. The molecule has 1 aromatic heterocycles. The number of hydrogen-bond donors (Lipinski definition) is 4. The van der Waals surface area contributed by atoms with Gasteiger partial charge in [0.2, 0.25) is 0 Å². The lowest BCUT2D eigenvalue weighted by Crippen LogP contribution is -2.30. The highest BCUT2D eigenvalue weighted by Gasteiger charge is 2.23. The van der Waals surface area contributed by atoms with Crippen LogP contribution >= 0.6 is 11.6 Å². The van der Waals surface area contributed by atoms with Crippen molar-refractivity contribution >= 4 is 46.1 Å². The van der Waals surface area contributed by atoms with Crippen molar-refractivity contribution in [2.45, 2.75) is 51.0 Å². The van der Waals surface area contributed by atoms with E-state index in [1.807, 2.05) is 0 Å². The number of halogens is 1. The monoisotopic (exact) mass is 554 g/mol. The highest BCUT2D eigenvalue weighted by molar-refractivity contribution is 6.33. The molecule has 0 spiro atoms. The number of nitrogens with one attached hydrogen (secondary N) is 3. The number of hydrogen-bond acceptors (Lipinski definition) is 6. The van der Waals surface area contributed by atoms with Crippen molar-refractivity contribution in [3.8, 4) is 17.2 Å². The first-order chi connectivity index (χ1) is 18.8. The highest BCUT2D eigenvalue weighted by Crippen LogP contribution is 2.35. The van der Waals surface area contributed by atoms with Gasteiger partial charge in [-0.05, 0) is 49.9 Å². The number of carboxylic acid groups (broad SMARTS) is 1. The number of nitrogens with zero attached hydrogens (tertiary/aromatic N) is 1. The summed E-state index contributed by atoms with van der Waals surface area (Å²) in [4.78, 5) is 40.0. The second-order valence-corrected chi connectivity index (χ2v) is 9.72. The Morgan fingerprint density at radius 1 is 1.05 bits per heavy atom. The Labute approximate surface area is 231 Å². The van der Waals surface area contributed by atoms with Gasteiger partial charge in [-0.15, -0.1) is 0 Å². The molecule has 10 nitrogen and oxygen atoms in total. The maximum atomic E-state index is 13.0. The molecule has 1 aliphatic carbocycles. The minimum Gasteiger partial charge on any atom is -0.496 e. The number of pyridine rings is 1. The number of unbranched alkanes of at least 4 members (excludes halogenated alkanes) is 3. The molecule has 0 bridgehead atoms. The van der Waals surface area contributed by atoms with E-state index in [0.717, 1.165) is 32.1 Å². The van der Waals surface area contributed by atoms with Crippen molar-refractivity contribution in [2.75, 3.05) is 19.0 Å². The van der Waals surface area contributed by atoms with Crippen LogP contribution in [0.1, 0.15) is 55.3 Å². The molecule has 4 N–H and O–H groups in total. The van der Waals surface area contributed by atoms with Gasteiger partial charge in [0.05, 0.1) is 28.9 Å². The lowest BCUT2D eigenvalue weighted by molar-refractivity contribution is -0.137. The Balaban J connectivity index is 1.44. The number of carbonyl (C=O) groups is 3. The third-order valence-electron chi connectivity index (χ3n) is 6.20. The third kappa shape index (κ3) is 7.97. The average Bonchev–Trinajstić information content (AvgIpc) is 3.72. The smallest absolute Gasteiger partial charge is 0.319 e. The summed E-state index contributed by atoms with van der Waals surface area (Å²) in [6.07, 6.45) is 6.71. The molecule has 11 heteroatoms. The van der Waals surface area contributed by atoms with E-state index >= 15 is 0 Å². The van der Waals surface area contributed by atoms with Gasteiger partial charge in [0.1, 0.15) is 17.2 Å². The van der Waals surface area contributed by atoms with Gasteiger partial charge in [-0.1, -0.05) is 24.4 Å². The number of benzene rings is 2. The zero-order valence-corrected chi connectivity index (χ0v) is 22.3. The van der Waals surface area contributed by atoms with Gasteiger partial charge in [-0.3, -0.25) is 14.6 Å². The zero-order valence-electron chi connectivity index (χ0n) is 21.6. The number of carbonyl (C=O) groups excluding carboxylic acids is 2. The van der Waals surface area contributed by atoms with E-state index in [1.165, 1.54) is 7.11 Å². The maximum Gasteiger partial charge on any atom is 0.319 e. The number of methoxy groups -OCH3 is 1. The average molecular weight is 555 g/mol. The number of ether oxygens (including phenoxy) is 2. The first-order valence-electron chi connectivity index (χ1n) is 12.9. The molecule has 0 radical (unpaired) electrons. The molecule has 39 heavy (non-hydrogen) atoms. The van der Waals surface area contributed by atoms with Crippen LogP contribution < -0.4 is 25.4 Å². The Morgan fingerprint density at radius 3 is 2.56 bits per heavy atom. The topological polar surface area (TPSA) is 139 Å². The molecule has 206 valence electrons. The molecule has 3 amide bonds. The van der Waals surface area contributed by atoms with Gasteiger partial charge in [0.25, 0.3) is 5.91 Å². The first kappa shape index (κ1) is 28.0. The van der Waals surface area contributed by atoms with E-state index in [1.54, 1.807) is 42.6 Å². The van der Waals surface area contributed by atoms with E-state index in [-0.39, 0.29) is 24.4 Å². The summed E-state index contributed by atoms with van der Waals surface area (Å²) >= 11 is 6.39. The lowest BCUT2D eigenvalue weighted by Gasteiger charge is -2.14. The Bertz CT molecular complexity index is 1360. The summed E-state index contributed by atoms with van der Waals surface area (Å²) in [5.74, 6) is 0.213. The molecule has 0 atom stereocenters. The van der Waals surface area contributed by atoms with Crippen molar-refractivity contribution in [3.63, 3.8) is 0 Å². The number of aromatic nitrogens is 1. The summed E-state index contributed by atoms with van der Waals surface area (Å²) in [6, 6.07) is 9.94. The number of urea groups is 1. The molecule has 0 unspecified atom stereocenters. The van der Waals surface area contributed by atoms with Gasteiger partial charge in [-0.25, -0.2) is 4.79 Å². The van der Waals surface area contributed by atoms with Crippen LogP contribution in [0.25, 0.3) is 10.9 Å². The van der Waals surface area contributed by atoms with Crippen molar-refractivity contribution in [1.29, 1.82) is 0 Å². The summed E-state index contributed by atoms with van der Waals surface area (Å²) in [6.45, 7) is 0.459. The fraction of sp³-hybridized carbons (Fsp3) is 0.357. The third-order valence-corrected chi connectivity index (χ3v) is 6.51. The molecule has 3 aromatic rings. The van der Waals surface area contributed by atoms with Crippen LogP contribution in [0.5, 0.6) is 17.2 Å². The molecule has 1 saturated carbocycles. The van der Waals surface area contributed by atoms with E-state index in [0.29, 0.717) is 57.4 Å². The summed E-state index contributed by atoms with van der Waals surface area (Å²) in [5.41, 5.74) is 1.39. The van der Waals surface area contributed by atoms with Crippen molar-refractivity contribution in [1.82, 2.24) is 15.6 Å². The SMILES string of the molecule is COc1cc2nccc(Oc3ccc(NC(=O)NC4CC4)c(Cl)c3)c2cc1C(=O)NCCCCCCC(=O)O. The number of anilines is 1. The molecular weight excluding hydrogens is 524 g/mol. The number of rotatable bonds is 13. The lowest BCUT2D eigenvalue weighted by atomic mass is 10.1. The van der Waals surface area contributed by atoms with Crippen LogP contribution in [0, 0.1) is 0 Å². The van der Waals surface area contributed by atoms with Gasteiger partial charge >= 0.3 is 12.0 Å². The second kappa shape index (κ2) is 13.1. The quantitative estimate of drug-likeness (QED) is 0.198. The number of aliphatic carboxylic acids is 1.